The van der Waals surface area contributed by atoms with Gasteiger partial charge in [-0.3, -0.25) is 4.79 Å². The van der Waals surface area contributed by atoms with Crippen molar-refractivity contribution in [2.45, 2.75) is 24.8 Å². The van der Waals surface area contributed by atoms with E-state index < -0.39 is 0 Å². The second-order valence-electron chi connectivity index (χ2n) is 6.48. The fourth-order valence-corrected chi connectivity index (χ4v) is 4.36. The molecule has 0 bridgehead atoms. The molecule has 0 aliphatic heterocycles. The summed E-state index contributed by atoms with van der Waals surface area (Å²) < 4.78 is 1.65. The molecule has 0 radical (unpaired) electrons. The maximum absolute atomic E-state index is 11.3. The van der Waals surface area contributed by atoms with Crippen molar-refractivity contribution >= 4 is 45.5 Å². The predicted octanol–water partition coefficient (Wildman–Crippen LogP) is 4.42. The van der Waals surface area contributed by atoms with Crippen molar-refractivity contribution in [2.75, 3.05) is 10.6 Å². The molecular formula is C20H19N7OS2. The van der Waals surface area contributed by atoms with Crippen molar-refractivity contribution in [2.24, 2.45) is 0 Å². The van der Waals surface area contributed by atoms with E-state index in [1.54, 1.807) is 16.0 Å². The predicted molar refractivity (Wildman–Crippen MR) is 120 cm³/mol. The summed E-state index contributed by atoms with van der Waals surface area (Å²) in [6.07, 6.45) is 0. The molecule has 0 fully saturated rings. The van der Waals surface area contributed by atoms with Gasteiger partial charge >= 0.3 is 0 Å². The lowest BCUT2D eigenvalue weighted by Crippen LogP contribution is -2.07. The van der Waals surface area contributed by atoms with Crippen LogP contribution < -0.4 is 10.6 Å². The van der Waals surface area contributed by atoms with E-state index in [1.165, 1.54) is 24.2 Å². The summed E-state index contributed by atoms with van der Waals surface area (Å²) in [6.45, 7) is 3.54. The van der Waals surface area contributed by atoms with Gasteiger partial charge in [0, 0.05) is 29.4 Å². The quantitative estimate of drug-likeness (QED) is 0.413. The highest BCUT2D eigenvalue weighted by molar-refractivity contribution is 7.98. The van der Waals surface area contributed by atoms with Crippen LogP contribution in [0.4, 0.5) is 16.5 Å². The molecule has 0 spiro atoms. The number of carbonyl (C=O) groups excluding carboxylic acids is 1. The zero-order valence-corrected chi connectivity index (χ0v) is 18.0. The number of hydrogen-bond acceptors (Lipinski definition) is 8. The third-order valence-corrected chi connectivity index (χ3v) is 5.90. The molecule has 10 heteroatoms. The second kappa shape index (κ2) is 9.06. The van der Waals surface area contributed by atoms with Gasteiger partial charge in [-0.05, 0) is 47.2 Å². The Hall–Kier alpha value is -3.24. The minimum atomic E-state index is -0.128. The van der Waals surface area contributed by atoms with Gasteiger partial charge in [-0.15, -0.1) is 16.4 Å². The number of carbonyl (C=O) groups is 1. The summed E-state index contributed by atoms with van der Waals surface area (Å²) in [6, 6.07) is 15.5. The van der Waals surface area contributed by atoms with Gasteiger partial charge in [0.05, 0.1) is 11.4 Å². The fourth-order valence-electron chi connectivity index (χ4n) is 2.75. The topological polar surface area (TPSA) is 97.6 Å². The monoisotopic (exact) mass is 437 g/mol. The summed E-state index contributed by atoms with van der Waals surface area (Å²) in [7, 11) is 0. The number of benzene rings is 2. The number of tetrazole rings is 1. The molecule has 4 aromatic rings. The minimum absolute atomic E-state index is 0.128. The molecule has 0 saturated heterocycles. The van der Waals surface area contributed by atoms with E-state index in [2.05, 4.69) is 44.1 Å². The largest absolute Gasteiger partial charge is 0.331 e. The van der Waals surface area contributed by atoms with Crippen LogP contribution in [0, 0.1) is 6.92 Å². The SMILES string of the molecule is CC(=O)Nc1cccc(-n2nnnc2SCc2csc(Nc3ccccc3C)n2)c1. The van der Waals surface area contributed by atoms with E-state index in [0.29, 0.717) is 16.6 Å². The van der Waals surface area contributed by atoms with Crippen molar-refractivity contribution in [3.8, 4) is 5.69 Å². The molecule has 1 amide bonds. The first-order chi connectivity index (χ1) is 14.6. The van der Waals surface area contributed by atoms with Crippen molar-refractivity contribution in [1.82, 2.24) is 25.2 Å². The Balaban J connectivity index is 1.44. The van der Waals surface area contributed by atoms with Crippen LogP contribution in [-0.4, -0.2) is 31.1 Å². The van der Waals surface area contributed by atoms with Gasteiger partial charge in [0.25, 0.3) is 0 Å². The Morgan fingerprint density at radius 2 is 2.07 bits per heavy atom. The van der Waals surface area contributed by atoms with Crippen LogP contribution in [0.25, 0.3) is 5.69 Å². The number of amides is 1. The number of hydrogen-bond donors (Lipinski definition) is 2. The number of thioether (sulfide) groups is 1. The summed E-state index contributed by atoms with van der Waals surface area (Å²) in [5.74, 6) is 0.509. The van der Waals surface area contributed by atoms with Gasteiger partial charge in [-0.1, -0.05) is 36.0 Å². The van der Waals surface area contributed by atoms with E-state index >= 15 is 0 Å². The van der Waals surface area contributed by atoms with Crippen LogP contribution in [0.1, 0.15) is 18.2 Å². The average Bonchev–Trinajstić information content (AvgIpc) is 3.37. The Morgan fingerprint density at radius 3 is 2.90 bits per heavy atom. The fraction of sp³-hybridized carbons (Fsp3) is 0.150. The van der Waals surface area contributed by atoms with E-state index in [-0.39, 0.29) is 5.91 Å². The molecule has 0 aliphatic rings. The molecule has 2 N–H and O–H groups in total. The first-order valence-corrected chi connectivity index (χ1v) is 11.0. The Morgan fingerprint density at radius 1 is 1.20 bits per heavy atom. The van der Waals surface area contributed by atoms with Crippen LogP contribution in [0.3, 0.4) is 0 Å². The maximum atomic E-state index is 11.3. The molecular weight excluding hydrogens is 418 g/mol. The van der Waals surface area contributed by atoms with Crippen LogP contribution >= 0.6 is 23.1 Å². The van der Waals surface area contributed by atoms with Gasteiger partial charge < -0.3 is 10.6 Å². The highest BCUT2D eigenvalue weighted by atomic mass is 32.2. The first kappa shape index (κ1) is 20.0. The van der Waals surface area contributed by atoms with Crippen molar-refractivity contribution < 1.29 is 4.79 Å². The smallest absolute Gasteiger partial charge is 0.221 e. The second-order valence-corrected chi connectivity index (χ2v) is 8.28. The van der Waals surface area contributed by atoms with Crippen molar-refractivity contribution in [3.63, 3.8) is 0 Å². The number of aromatic nitrogens is 5. The van der Waals surface area contributed by atoms with Crippen molar-refractivity contribution in [1.29, 1.82) is 0 Å². The molecule has 0 saturated carbocycles. The van der Waals surface area contributed by atoms with Gasteiger partial charge in [-0.25, -0.2) is 4.98 Å². The Bertz CT molecular complexity index is 1170. The zero-order valence-electron chi connectivity index (χ0n) is 16.4. The molecule has 0 atom stereocenters. The number of nitrogens with one attached hydrogen (secondary N) is 2. The van der Waals surface area contributed by atoms with Crippen LogP contribution in [0.15, 0.2) is 59.1 Å². The lowest BCUT2D eigenvalue weighted by atomic mass is 10.2. The molecule has 152 valence electrons. The summed E-state index contributed by atoms with van der Waals surface area (Å²) in [5.41, 5.74) is 4.63. The van der Waals surface area contributed by atoms with Gasteiger partial charge in [0.2, 0.25) is 11.1 Å². The number of nitrogens with zero attached hydrogens (tertiary/aromatic N) is 5. The molecule has 2 aromatic heterocycles. The molecule has 30 heavy (non-hydrogen) atoms. The van der Waals surface area contributed by atoms with E-state index in [0.717, 1.165) is 22.2 Å². The molecule has 8 nitrogen and oxygen atoms in total. The number of para-hydroxylation sites is 1. The number of anilines is 3. The van der Waals surface area contributed by atoms with Gasteiger partial charge in [0.1, 0.15) is 0 Å². The van der Waals surface area contributed by atoms with E-state index in [1.807, 2.05) is 47.8 Å². The standard InChI is InChI=1S/C20H19N7OS2/c1-13-6-3-4-9-18(13)23-19-22-16(11-29-19)12-30-20-24-25-26-27(20)17-8-5-7-15(10-17)21-14(2)28/h3-11H,12H2,1-2H3,(H,21,28)(H,22,23). The number of thiazole rings is 1. The summed E-state index contributed by atoms with van der Waals surface area (Å²) in [4.78, 5) is 16.0. The van der Waals surface area contributed by atoms with Crippen LogP contribution in [0.5, 0.6) is 0 Å². The lowest BCUT2D eigenvalue weighted by Gasteiger charge is -2.07. The summed E-state index contributed by atoms with van der Waals surface area (Å²) >= 11 is 3.06. The van der Waals surface area contributed by atoms with E-state index in [4.69, 9.17) is 0 Å². The highest BCUT2D eigenvalue weighted by Gasteiger charge is 2.12. The third kappa shape index (κ3) is 4.84. The Labute approximate surface area is 181 Å². The highest BCUT2D eigenvalue weighted by Crippen LogP contribution is 2.27. The Kier molecular flexibility index (Phi) is 6.05. The zero-order chi connectivity index (χ0) is 20.9. The molecule has 4 rings (SSSR count). The molecule has 2 heterocycles. The number of aryl methyl sites for hydroxylation is 1. The summed E-state index contributed by atoms with van der Waals surface area (Å²) in [5, 5.41) is 21.7. The molecule has 2 aromatic carbocycles. The van der Waals surface area contributed by atoms with Gasteiger partial charge in [-0.2, -0.15) is 4.68 Å². The van der Waals surface area contributed by atoms with Crippen LogP contribution in [0.2, 0.25) is 0 Å². The maximum Gasteiger partial charge on any atom is 0.221 e. The first-order valence-electron chi connectivity index (χ1n) is 9.15. The minimum Gasteiger partial charge on any atom is -0.331 e. The third-order valence-electron chi connectivity index (χ3n) is 4.14. The van der Waals surface area contributed by atoms with Gasteiger partial charge in [0.15, 0.2) is 5.13 Å². The number of rotatable bonds is 7. The average molecular weight is 438 g/mol. The normalized spacial score (nSPS) is 10.7. The van der Waals surface area contributed by atoms with Crippen LogP contribution in [-0.2, 0) is 10.5 Å². The lowest BCUT2D eigenvalue weighted by molar-refractivity contribution is -0.114. The van der Waals surface area contributed by atoms with E-state index in [9.17, 15) is 4.79 Å². The van der Waals surface area contributed by atoms with Crippen molar-refractivity contribution in [3.05, 3.63) is 65.2 Å². The molecule has 0 aliphatic carbocycles. The molecule has 0 unspecified atom stereocenters.